The van der Waals surface area contributed by atoms with Gasteiger partial charge in [0.05, 0.1) is 0 Å². The van der Waals surface area contributed by atoms with E-state index in [4.69, 9.17) is 9.16 Å². The van der Waals surface area contributed by atoms with Crippen molar-refractivity contribution in [1.82, 2.24) is 0 Å². The summed E-state index contributed by atoms with van der Waals surface area (Å²) in [5.41, 5.74) is 4.43. The van der Waals surface area contributed by atoms with E-state index in [0.29, 0.717) is 6.42 Å². The van der Waals surface area contributed by atoms with Crippen LogP contribution in [0.5, 0.6) is 5.75 Å². The molecule has 1 heterocycles. The van der Waals surface area contributed by atoms with E-state index in [1.807, 2.05) is 66.7 Å². The first-order valence-electron chi connectivity index (χ1n) is 11.0. The summed E-state index contributed by atoms with van der Waals surface area (Å²) >= 11 is 0. The Labute approximate surface area is 191 Å². The molecule has 160 valence electrons. The summed E-state index contributed by atoms with van der Waals surface area (Å²) in [6.07, 6.45) is -0.319. The summed E-state index contributed by atoms with van der Waals surface area (Å²) in [5, 5.41) is 11.3. The Hall–Kier alpha value is -3.18. The first kappa shape index (κ1) is 20.7. The fraction of sp³-hybridized carbons (Fsp3) is 0.143. The quantitative estimate of drug-likeness (QED) is 0.443. The molecular weight excluding hydrogens is 412 g/mol. The van der Waals surface area contributed by atoms with Crippen molar-refractivity contribution < 1.29 is 14.3 Å². The van der Waals surface area contributed by atoms with Gasteiger partial charge in [0.15, 0.2) is 9.76 Å². The molecule has 4 aromatic carbocycles. The van der Waals surface area contributed by atoms with Gasteiger partial charge in [-0.3, -0.25) is 0 Å². The maximum Gasteiger partial charge on any atom is 0.254 e. The number of hydrogen-bond acceptors (Lipinski definition) is 3. The number of aliphatic hydroxyl groups is 1. The smallest absolute Gasteiger partial charge is 0.254 e. The molecule has 32 heavy (non-hydrogen) atoms. The van der Waals surface area contributed by atoms with Crippen LogP contribution in [-0.2, 0) is 16.6 Å². The zero-order valence-electron chi connectivity index (χ0n) is 17.8. The molecule has 0 fully saturated rings. The largest absolute Gasteiger partial charge is 0.456 e. The number of fused-ring (bicyclic) bond motifs is 1. The Morgan fingerprint density at radius 2 is 1.28 bits per heavy atom. The first-order valence-corrected chi connectivity index (χ1v) is 12.4. The van der Waals surface area contributed by atoms with Crippen molar-refractivity contribution >= 4 is 9.76 Å². The summed E-state index contributed by atoms with van der Waals surface area (Å²) in [4.78, 5) is 0. The van der Waals surface area contributed by atoms with E-state index in [-0.39, 0.29) is 5.54 Å². The van der Waals surface area contributed by atoms with E-state index in [2.05, 4.69) is 48.5 Å². The summed E-state index contributed by atoms with van der Waals surface area (Å²) in [6.45, 7) is 0. The van der Waals surface area contributed by atoms with E-state index in [1.54, 1.807) is 0 Å². The van der Waals surface area contributed by atoms with E-state index in [0.717, 1.165) is 16.9 Å². The highest BCUT2D eigenvalue weighted by atomic mass is 28.2. The molecule has 0 amide bonds. The van der Waals surface area contributed by atoms with Gasteiger partial charge in [0.25, 0.3) is 5.79 Å². The van der Waals surface area contributed by atoms with Crippen molar-refractivity contribution in [3.63, 3.8) is 0 Å². The lowest BCUT2D eigenvalue weighted by atomic mass is 9.91. The van der Waals surface area contributed by atoms with Gasteiger partial charge in [0.2, 0.25) is 0 Å². The minimum absolute atomic E-state index is 0.144. The molecule has 5 rings (SSSR count). The van der Waals surface area contributed by atoms with Crippen LogP contribution in [0.4, 0.5) is 0 Å². The molecule has 0 aliphatic carbocycles. The summed E-state index contributed by atoms with van der Waals surface area (Å²) in [7, 11) is -1.23. The number of benzene rings is 4. The molecule has 2 unspecified atom stereocenters. The van der Waals surface area contributed by atoms with Crippen molar-refractivity contribution in [1.29, 1.82) is 0 Å². The Morgan fingerprint density at radius 1 is 0.750 bits per heavy atom. The maximum absolute atomic E-state index is 11.3. The maximum atomic E-state index is 11.3. The van der Waals surface area contributed by atoms with Crippen LogP contribution in [-0.4, -0.2) is 21.0 Å². The van der Waals surface area contributed by atoms with Crippen molar-refractivity contribution in [3.05, 3.63) is 138 Å². The second-order valence-corrected chi connectivity index (χ2v) is 9.59. The van der Waals surface area contributed by atoms with E-state index in [1.165, 1.54) is 11.1 Å². The number of para-hydroxylation sites is 1. The summed E-state index contributed by atoms with van der Waals surface area (Å²) < 4.78 is 13.3. The van der Waals surface area contributed by atoms with Gasteiger partial charge in [0.1, 0.15) is 11.9 Å². The molecule has 0 saturated heterocycles. The van der Waals surface area contributed by atoms with Gasteiger partial charge in [-0.1, -0.05) is 109 Å². The van der Waals surface area contributed by atoms with Crippen molar-refractivity contribution in [2.45, 2.75) is 23.9 Å². The Kier molecular flexibility index (Phi) is 5.91. The molecule has 1 aliphatic heterocycles. The van der Waals surface area contributed by atoms with Crippen LogP contribution in [0.2, 0.25) is 0 Å². The topological polar surface area (TPSA) is 38.7 Å². The second kappa shape index (κ2) is 9.13. The average molecular weight is 439 g/mol. The Morgan fingerprint density at radius 3 is 1.91 bits per heavy atom. The molecule has 2 atom stereocenters. The first-order chi connectivity index (χ1) is 15.8. The Bertz CT molecular complexity index is 1110. The SMILES string of the molecule is OC1Cc2ccccc2OC1(O[SiH2]C(c1ccccc1)c1ccccc1)c1ccccc1. The molecule has 4 aromatic rings. The van der Waals surface area contributed by atoms with E-state index >= 15 is 0 Å². The monoisotopic (exact) mass is 438 g/mol. The highest BCUT2D eigenvalue weighted by Gasteiger charge is 2.47. The molecule has 1 N–H and O–H groups in total. The predicted octanol–water partition coefficient (Wildman–Crippen LogP) is 4.73. The zero-order valence-corrected chi connectivity index (χ0v) is 19.2. The zero-order chi connectivity index (χ0) is 21.8. The van der Waals surface area contributed by atoms with Gasteiger partial charge in [-0.15, -0.1) is 0 Å². The summed E-state index contributed by atoms with van der Waals surface area (Å²) in [5.74, 6) is -0.449. The highest BCUT2D eigenvalue weighted by molar-refractivity contribution is 6.31. The average Bonchev–Trinajstić information content (AvgIpc) is 2.86. The van der Waals surface area contributed by atoms with Gasteiger partial charge in [-0.25, -0.2) is 0 Å². The van der Waals surface area contributed by atoms with Crippen molar-refractivity contribution in [3.8, 4) is 5.75 Å². The third-order valence-electron chi connectivity index (χ3n) is 6.13. The number of hydrogen-bond donors (Lipinski definition) is 1. The van der Waals surface area contributed by atoms with Crippen LogP contribution in [0.3, 0.4) is 0 Å². The highest BCUT2D eigenvalue weighted by Crippen LogP contribution is 2.41. The van der Waals surface area contributed by atoms with Gasteiger partial charge in [-0.2, -0.15) is 0 Å². The van der Waals surface area contributed by atoms with Gasteiger partial charge in [0, 0.05) is 17.5 Å². The fourth-order valence-corrected chi connectivity index (χ4v) is 6.20. The van der Waals surface area contributed by atoms with Crippen LogP contribution < -0.4 is 4.74 Å². The van der Waals surface area contributed by atoms with Crippen molar-refractivity contribution in [2.75, 3.05) is 0 Å². The second-order valence-electron chi connectivity index (χ2n) is 8.15. The normalized spacial score (nSPS) is 20.2. The molecule has 1 aliphatic rings. The molecule has 4 heteroatoms. The van der Waals surface area contributed by atoms with Gasteiger partial charge in [-0.05, 0) is 22.8 Å². The lowest BCUT2D eigenvalue weighted by molar-refractivity contribution is -0.204. The number of ether oxygens (including phenoxy) is 1. The third kappa shape index (κ3) is 4.00. The van der Waals surface area contributed by atoms with Crippen LogP contribution in [0, 0.1) is 0 Å². The van der Waals surface area contributed by atoms with Crippen LogP contribution in [0.1, 0.15) is 27.8 Å². The standard InChI is InChI=1S/C28H26O3Si/c29-26-20-23-16-10-11-19-25(23)30-28(26,24-17-8-3-9-18-24)31-32-27(21-12-4-1-5-13-21)22-14-6-2-7-15-22/h1-19,26-27,29H,20,32H2. The van der Waals surface area contributed by atoms with Crippen LogP contribution >= 0.6 is 0 Å². The third-order valence-corrected chi connectivity index (χ3v) is 8.00. The minimum Gasteiger partial charge on any atom is -0.456 e. The molecular formula is C28H26O3Si. The summed E-state index contributed by atoms with van der Waals surface area (Å²) in [6, 6.07) is 38.7. The lowest BCUT2D eigenvalue weighted by Crippen LogP contribution is -2.52. The molecule has 0 radical (unpaired) electrons. The van der Waals surface area contributed by atoms with Gasteiger partial charge >= 0.3 is 0 Å². The molecule has 3 nitrogen and oxygen atoms in total. The Balaban J connectivity index is 1.53. The van der Waals surface area contributed by atoms with Crippen LogP contribution in [0.25, 0.3) is 0 Å². The minimum atomic E-state index is -1.23. The van der Waals surface area contributed by atoms with Crippen LogP contribution in [0.15, 0.2) is 115 Å². The van der Waals surface area contributed by atoms with E-state index < -0.39 is 21.7 Å². The number of rotatable bonds is 6. The molecule has 0 bridgehead atoms. The molecule has 0 spiro atoms. The van der Waals surface area contributed by atoms with E-state index in [9.17, 15) is 5.11 Å². The van der Waals surface area contributed by atoms with Gasteiger partial charge < -0.3 is 14.3 Å². The number of aliphatic hydroxyl groups excluding tert-OH is 1. The molecule has 0 saturated carbocycles. The van der Waals surface area contributed by atoms with Crippen molar-refractivity contribution in [2.24, 2.45) is 0 Å². The lowest BCUT2D eigenvalue weighted by Gasteiger charge is -2.43. The fourth-order valence-electron chi connectivity index (χ4n) is 4.44. The molecule has 0 aromatic heterocycles. The predicted molar refractivity (Wildman–Crippen MR) is 129 cm³/mol.